The maximum Gasteiger partial charge on any atom is 0.267 e. The second-order valence-corrected chi connectivity index (χ2v) is 5.81. The van der Waals surface area contributed by atoms with Crippen molar-refractivity contribution in [3.05, 3.63) is 82.4 Å². The first-order valence-electron chi connectivity index (χ1n) is 8.29. The Morgan fingerprint density at radius 3 is 2.74 bits per heavy atom. The largest absolute Gasteiger partial charge is 0.497 e. The van der Waals surface area contributed by atoms with E-state index in [0.29, 0.717) is 17.0 Å². The molecule has 6 nitrogen and oxygen atoms in total. The lowest BCUT2D eigenvalue weighted by atomic mass is 10.1. The number of methoxy groups -OCH3 is 1. The van der Waals surface area contributed by atoms with Gasteiger partial charge >= 0.3 is 0 Å². The van der Waals surface area contributed by atoms with Crippen molar-refractivity contribution in [2.45, 2.75) is 13.1 Å². The zero-order valence-electron chi connectivity index (χ0n) is 14.7. The van der Waals surface area contributed by atoms with Crippen molar-refractivity contribution < 1.29 is 13.9 Å². The second-order valence-electron chi connectivity index (χ2n) is 5.81. The molecule has 0 bridgehead atoms. The van der Waals surface area contributed by atoms with E-state index in [1.165, 1.54) is 12.1 Å². The van der Waals surface area contributed by atoms with Crippen LogP contribution in [0.2, 0.25) is 0 Å². The first-order chi connectivity index (χ1) is 13.1. The van der Waals surface area contributed by atoms with E-state index < -0.39 is 17.3 Å². The fourth-order valence-corrected chi connectivity index (χ4v) is 2.53. The third kappa shape index (κ3) is 4.58. The lowest BCUT2D eigenvalue weighted by Gasteiger charge is -2.09. The van der Waals surface area contributed by atoms with Crippen LogP contribution in [0.25, 0.3) is 11.3 Å². The van der Waals surface area contributed by atoms with Crippen LogP contribution < -0.4 is 15.6 Å². The lowest BCUT2D eigenvalue weighted by molar-refractivity contribution is -0.122. The SMILES string of the molecule is COc1cccc(-c2ccc(=O)n(CC(=O)NCc3ccccc3F)n2)c1. The molecule has 7 heteroatoms. The summed E-state index contributed by atoms with van der Waals surface area (Å²) >= 11 is 0. The minimum atomic E-state index is -0.435. The smallest absolute Gasteiger partial charge is 0.267 e. The molecule has 0 fully saturated rings. The third-order valence-electron chi connectivity index (χ3n) is 3.96. The molecule has 2 aromatic carbocycles. The molecule has 0 spiro atoms. The number of hydrogen-bond donors (Lipinski definition) is 1. The highest BCUT2D eigenvalue weighted by molar-refractivity contribution is 5.75. The molecule has 1 N–H and O–H groups in total. The monoisotopic (exact) mass is 367 g/mol. The number of amides is 1. The molecule has 0 aliphatic carbocycles. The van der Waals surface area contributed by atoms with Crippen LogP contribution in [0.3, 0.4) is 0 Å². The van der Waals surface area contributed by atoms with Crippen LogP contribution in [0.1, 0.15) is 5.56 Å². The minimum Gasteiger partial charge on any atom is -0.497 e. The van der Waals surface area contributed by atoms with Crippen molar-refractivity contribution in [3.63, 3.8) is 0 Å². The Bertz CT molecular complexity index is 1020. The lowest BCUT2D eigenvalue weighted by Crippen LogP contribution is -2.33. The third-order valence-corrected chi connectivity index (χ3v) is 3.96. The highest BCUT2D eigenvalue weighted by Gasteiger charge is 2.09. The topological polar surface area (TPSA) is 73.2 Å². The van der Waals surface area contributed by atoms with Gasteiger partial charge in [-0.3, -0.25) is 9.59 Å². The quantitative estimate of drug-likeness (QED) is 0.726. The molecule has 1 heterocycles. The van der Waals surface area contributed by atoms with E-state index in [4.69, 9.17) is 4.74 Å². The molecule has 138 valence electrons. The van der Waals surface area contributed by atoms with Crippen molar-refractivity contribution >= 4 is 5.91 Å². The predicted molar refractivity (Wildman–Crippen MR) is 98.7 cm³/mol. The fourth-order valence-electron chi connectivity index (χ4n) is 2.53. The normalized spacial score (nSPS) is 10.4. The van der Waals surface area contributed by atoms with Gasteiger partial charge in [0.05, 0.1) is 12.8 Å². The van der Waals surface area contributed by atoms with Gasteiger partial charge in [-0.15, -0.1) is 0 Å². The Balaban J connectivity index is 1.73. The van der Waals surface area contributed by atoms with Crippen molar-refractivity contribution in [1.82, 2.24) is 15.1 Å². The van der Waals surface area contributed by atoms with Gasteiger partial charge in [-0.25, -0.2) is 9.07 Å². The Hall–Kier alpha value is -3.48. The minimum absolute atomic E-state index is 0.0375. The summed E-state index contributed by atoms with van der Waals surface area (Å²) in [6, 6.07) is 16.4. The van der Waals surface area contributed by atoms with E-state index in [-0.39, 0.29) is 13.1 Å². The van der Waals surface area contributed by atoms with E-state index in [1.54, 1.807) is 43.5 Å². The zero-order chi connectivity index (χ0) is 19.2. The molecule has 3 aromatic rings. The van der Waals surface area contributed by atoms with E-state index in [9.17, 15) is 14.0 Å². The molecular weight excluding hydrogens is 349 g/mol. The van der Waals surface area contributed by atoms with Crippen molar-refractivity contribution in [2.24, 2.45) is 0 Å². The number of hydrogen-bond acceptors (Lipinski definition) is 4. The van der Waals surface area contributed by atoms with Crippen LogP contribution in [-0.4, -0.2) is 22.8 Å². The number of nitrogens with one attached hydrogen (secondary N) is 1. The number of benzene rings is 2. The molecular formula is C20H18FN3O3. The summed E-state index contributed by atoms with van der Waals surface area (Å²) in [5.41, 5.74) is 1.27. The maximum atomic E-state index is 13.6. The number of halogens is 1. The molecule has 0 unspecified atom stereocenters. The van der Waals surface area contributed by atoms with Crippen LogP contribution in [-0.2, 0) is 17.9 Å². The second kappa shape index (κ2) is 8.27. The molecule has 1 amide bonds. The molecule has 0 saturated carbocycles. The Labute approximate surface area is 155 Å². The van der Waals surface area contributed by atoms with Gasteiger partial charge in [0.15, 0.2) is 0 Å². The number of carbonyl (C=O) groups excluding carboxylic acids is 1. The molecule has 0 atom stereocenters. The Morgan fingerprint density at radius 1 is 1.15 bits per heavy atom. The average Bonchev–Trinajstić information content (AvgIpc) is 2.69. The van der Waals surface area contributed by atoms with E-state index in [0.717, 1.165) is 10.2 Å². The fraction of sp³-hybridized carbons (Fsp3) is 0.150. The molecule has 0 aliphatic rings. The summed E-state index contributed by atoms with van der Waals surface area (Å²) in [6.07, 6.45) is 0. The van der Waals surface area contributed by atoms with Crippen molar-refractivity contribution in [3.8, 4) is 17.0 Å². The standard InChI is InChI=1S/C20H18FN3O3/c1-27-16-7-4-6-14(11-16)18-9-10-20(26)24(23-18)13-19(25)22-12-15-5-2-3-8-17(15)21/h2-11H,12-13H2,1H3,(H,22,25). The molecule has 0 saturated heterocycles. The van der Waals surface area contributed by atoms with Gasteiger partial charge in [0, 0.05) is 23.7 Å². The first kappa shape index (κ1) is 18.3. The summed E-state index contributed by atoms with van der Waals surface area (Å²) in [5, 5.41) is 6.84. The zero-order valence-corrected chi connectivity index (χ0v) is 14.7. The Morgan fingerprint density at radius 2 is 1.96 bits per heavy atom. The van der Waals surface area contributed by atoms with Crippen LogP contribution in [0.4, 0.5) is 4.39 Å². The van der Waals surface area contributed by atoms with Crippen LogP contribution in [0.5, 0.6) is 5.75 Å². The number of carbonyl (C=O) groups is 1. The van der Waals surface area contributed by atoms with Gasteiger partial charge in [-0.2, -0.15) is 5.10 Å². The van der Waals surface area contributed by atoms with Gasteiger partial charge in [0.25, 0.3) is 5.56 Å². The molecule has 0 aliphatic heterocycles. The number of rotatable bonds is 6. The summed E-state index contributed by atoms with van der Waals surface area (Å²) in [4.78, 5) is 24.2. The average molecular weight is 367 g/mol. The van der Waals surface area contributed by atoms with E-state index in [2.05, 4.69) is 10.4 Å². The van der Waals surface area contributed by atoms with Gasteiger partial charge in [-0.05, 0) is 24.3 Å². The summed E-state index contributed by atoms with van der Waals surface area (Å²) in [7, 11) is 1.56. The van der Waals surface area contributed by atoms with Crippen LogP contribution >= 0.6 is 0 Å². The van der Waals surface area contributed by atoms with Gasteiger partial charge in [0.1, 0.15) is 18.1 Å². The Kier molecular flexibility index (Phi) is 5.61. The summed E-state index contributed by atoms with van der Waals surface area (Å²) < 4.78 is 19.9. The number of ether oxygens (including phenoxy) is 1. The van der Waals surface area contributed by atoms with Crippen LogP contribution in [0.15, 0.2) is 65.5 Å². The number of aromatic nitrogens is 2. The molecule has 1 aromatic heterocycles. The highest BCUT2D eigenvalue weighted by Crippen LogP contribution is 2.21. The molecule has 27 heavy (non-hydrogen) atoms. The first-order valence-corrected chi connectivity index (χ1v) is 8.29. The van der Waals surface area contributed by atoms with Crippen molar-refractivity contribution in [2.75, 3.05) is 7.11 Å². The number of nitrogens with zero attached hydrogens (tertiary/aromatic N) is 2. The van der Waals surface area contributed by atoms with E-state index >= 15 is 0 Å². The van der Waals surface area contributed by atoms with Gasteiger partial charge < -0.3 is 10.1 Å². The maximum absolute atomic E-state index is 13.6. The molecule has 0 radical (unpaired) electrons. The van der Waals surface area contributed by atoms with Crippen molar-refractivity contribution in [1.29, 1.82) is 0 Å². The summed E-state index contributed by atoms with van der Waals surface area (Å²) in [5.74, 6) is -0.168. The summed E-state index contributed by atoms with van der Waals surface area (Å²) in [6.45, 7) is -0.221. The van der Waals surface area contributed by atoms with Gasteiger partial charge in [0.2, 0.25) is 5.91 Å². The highest BCUT2D eigenvalue weighted by atomic mass is 19.1. The predicted octanol–water partition coefficient (Wildman–Crippen LogP) is 2.37. The van der Waals surface area contributed by atoms with E-state index in [1.807, 2.05) is 12.1 Å². The van der Waals surface area contributed by atoms with Gasteiger partial charge in [-0.1, -0.05) is 30.3 Å². The van der Waals surface area contributed by atoms with Crippen LogP contribution in [0, 0.1) is 5.82 Å². The molecule has 3 rings (SSSR count).